The minimum absolute atomic E-state index is 0.0164. The molecule has 118 valence electrons. The maximum atomic E-state index is 13.7. The van der Waals surface area contributed by atoms with E-state index in [0.717, 1.165) is 23.2 Å². The summed E-state index contributed by atoms with van der Waals surface area (Å²) in [6.45, 7) is 1.95. The van der Waals surface area contributed by atoms with Crippen LogP contribution in [-0.2, 0) is 4.74 Å². The van der Waals surface area contributed by atoms with Crippen LogP contribution in [0, 0.1) is 11.6 Å². The average Bonchev–Trinajstić information content (AvgIpc) is 3.04. The van der Waals surface area contributed by atoms with Gasteiger partial charge in [0.1, 0.15) is 22.7 Å². The molecule has 1 fully saturated rings. The number of morpholine rings is 1. The van der Waals surface area contributed by atoms with Gasteiger partial charge in [-0.15, -0.1) is 11.3 Å². The van der Waals surface area contributed by atoms with Crippen molar-refractivity contribution in [3.63, 3.8) is 0 Å². The zero-order valence-corrected chi connectivity index (χ0v) is 12.6. The normalized spacial score (nSPS) is 21.0. The van der Waals surface area contributed by atoms with Crippen LogP contribution in [0.15, 0.2) is 29.8 Å². The summed E-state index contributed by atoms with van der Waals surface area (Å²) in [7, 11) is 0. The number of aliphatic hydroxyl groups is 1. The molecule has 0 aliphatic carbocycles. The van der Waals surface area contributed by atoms with Crippen LogP contribution in [0.1, 0.15) is 22.8 Å². The van der Waals surface area contributed by atoms with Gasteiger partial charge in [0.25, 0.3) is 0 Å². The summed E-state index contributed by atoms with van der Waals surface area (Å²) in [5.41, 5.74) is -0.0164. The highest BCUT2D eigenvalue weighted by Gasteiger charge is 2.26. The lowest BCUT2D eigenvalue weighted by Gasteiger charge is -2.33. The quantitative estimate of drug-likeness (QED) is 0.938. The summed E-state index contributed by atoms with van der Waals surface area (Å²) in [6, 6.07) is 3.11. The summed E-state index contributed by atoms with van der Waals surface area (Å²) in [5, 5.41) is 13.0. The molecule has 2 heterocycles. The van der Waals surface area contributed by atoms with Gasteiger partial charge < -0.3 is 9.84 Å². The van der Waals surface area contributed by atoms with Gasteiger partial charge in [-0.3, -0.25) is 4.90 Å². The van der Waals surface area contributed by atoms with Crippen molar-refractivity contribution in [2.45, 2.75) is 12.2 Å². The third-order valence-electron chi connectivity index (χ3n) is 3.63. The Morgan fingerprint density at radius 2 is 2.32 bits per heavy atom. The minimum Gasteiger partial charge on any atom is -0.387 e. The molecule has 1 aliphatic rings. The summed E-state index contributed by atoms with van der Waals surface area (Å²) in [4.78, 5) is 6.21. The SMILES string of the molecule is O[C@H](CN1CCO[C@H](c2nccs2)C1)c1cc(F)ccc1F. The molecular weight excluding hydrogens is 310 g/mol. The van der Waals surface area contributed by atoms with Crippen LogP contribution in [0.25, 0.3) is 0 Å². The molecule has 1 aromatic carbocycles. The Kier molecular flexibility index (Phi) is 4.77. The number of nitrogens with zero attached hydrogens (tertiary/aromatic N) is 2. The van der Waals surface area contributed by atoms with Gasteiger partial charge in [-0.1, -0.05) is 0 Å². The van der Waals surface area contributed by atoms with Gasteiger partial charge in [0.2, 0.25) is 0 Å². The van der Waals surface area contributed by atoms with Gasteiger partial charge >= 0.3 is 0 Å². The lowest BCUT2D eigenvalue weighted by molar-refractivity contribution is -0.0427. The van der Waals surface area contributed by atoms with E-state index in [1.807, 2.05) is 10.3 Å². The second-order valence-electron chi connectivity index (χ2n) is 5.17. The van der Waals surface area contributed by atoms with E-state index in [2.05, 4.69) is 4.98 Å². The van der Waals surface area contributed by atoms with Crippen molar-refractivity contribution < 1.29 is 18.6 Å². The maximum Gasteiger partial charge on any atom is 0.129 e. The molecule has 4 nitrogen and oxygen atoms in total. The fraction of sp³-hybridized carbons (Fsp3) is 0.400. The van der Waals surface area contributed by atoms with Crippen molar-refractivity contribution in [2.24, 2.45) is 0 Å². The Labute approximate surface area is 131 Å². The Bertz CT molecular complexity index is 624. The number of hydrogen-bond donors (Lipinski definition) is 1. The number of thiazole rings is 1. The van der Waals surface area contributed by atoms with Gasteiger partial charge in [-0.25, -0.2) is 13.8 Å². The average molecular weight is 326 g/mol. The monoisotopic (exact) mass is 326 g/mol. The molecule has 0 spiro atoms. The molecule has 22 heavy (non-hydrogen) atoms. The van der Waals surface area contributed by atoms with Crippen molar-refractivity contribution in [3.8, 4) is 0 Å². The minimum atomic E-state index is -1.08. The Morgan fingerprint density at radius 3 is 3.09 bits per heavy atom. The van der Waals surface area contributed by atoms with E-state index in [4.69, 9.17) is 4.74 Å². The van der Waals surface area contributed by atoms with Gasteiger partial charge in [0.15, 0.2) is 0 Å². The summed E-state index contributed by atoms with van der Waals surface area (Å²) >= 11 is 1.52. The zero-order chi connectivity index (χ0) is 15.5. The number of aliphatic hydroxyl groups excluding tert-OH is 1. The molecule has 0 radical (unpaired) electrons. The van der Waals surface area contributed by atoms with Crippen molar-refractivity contribution in [3.05, 3.63) is 52.0 Å². The molecule has 2 aromatic rings. The van der Waals surface area contributed by atoms with E-state index in [1.54, 1.807) is 6.20 Å². The fourth-order valence-electron chi connectivity index (χ4n) is 2.52. The van der Waals surface area contributed by atoms with Crippen LogP contribution in [0.3, 0.4) is 0 Å². The van der Waals surface area contributed by atoms with Crippen LogP contribution in [0.5, 0.6) is 0 Å². The number of β-amino-alcohol motifs (C(OH)–C–C–N with tert-alkyl or cyclic N) is 1. The van der Waals surface area contributed by atoms with E-state index in [0.29, 0.717) is 19.7 Å². The highest BCUT2D eigenvalue weighted by atomic mass is 32.1. The van der Waals surface area contributed by atoms with Crippen molar-refractivity contribution in [1.29, 1.82) is 0 Å². The second-order valence-corrected chi connectivity index (χ2v) is 6.10. The Hall–Kier alpha value is -1.41. The number of rotatable bonds is 4. The standard InChI is InChI=1S/C15H16F2N2O2S/c16-10-1-2-12(17)11(7-10)13(20)8-19-4-5-21-14(9-19)15-18-3-6-22-15/h1-3,6-7,13-14,20H,4-5,8-9H2/t13-,14+/m1/s1. The molecule has 7 heteroatoms. The predicted molar refractivity (Wildman–Crippen MR) is 78.6 cm³/mol. The van der Waals surface area contributed by atoms with Gasteiger partial charge in [-0.05, 0) is 18.2 Å². The molecule has 1 N–H and O–H groups in total. The van der Waals surface area contributed by atoms with E-state index in [9.17, 15) is 13.9 Å². The summed E-state index contributed by atoms with van der Waals surface area (Å²) in [6.07, 6.45) is 0.503. The van der Waals surface area contributed by atoms with E-state index in [-0.39, 0.29) is 18.2 Å². The first kappa shape index (κ1) is 15.5. The van der Waals surface area contributed by atoms with E-state index >= 15 is 0 Å². The second kappa shape index (κ2) is 6.78. The molecule has 0 bridgehead atoms. The topological polar surface area (TPSA) is 45.6 Å². The highest BCUT2D eigenvalue weighted by molar-refractivity contribution is 7.09. The molecule has 1 saturated heterocycles. The first-order valence-corrected chi connectivity index (χ1v) is 7.88. The van der Waals surface area contributed by atoms with Crippen molar-refractivity contribution >= 4 is 11.3 Å². The number of aromatic nitrogens is 1. The summed E-state index contributed by atoms with van der Waals surface area (Å²) in [5.74, 6) is -1.16. The first-order chi connectivity index (χ1) is 10.6. The van der Waals surface area contributed by atoms with Crippen LogP contribution in [-0.4, -0.2) is 41.2 Å². The van der Waals surface area contributed by atoms with Crippen molar-refractivity contribution in [1.82, 2.24) is 9.88 Å². The third-order valence-corrected chi connectivity index (χ3v) is 4.49. The Balaban J connectivity index is 1.66. The summed E-state index contributed by atoms with van der Waals surface area (Å²) < 4.78 is 32.6. The van der Waals surface area contributed by atoms with Gasteiger partial charge in [0.05, 0.1) is 12.7 Å². The molecule has 0 amide bonds. The molecule has 1 aliphatic heterocycles. The van der Waals surface area contributed by atoms with Gasteiger partial charge in [-0.2, -0.15) is 0 Å². The number of ether oxygens (including phenoxy) is 1. The third kappa shape index (κ3) is 3.49. The molecule has 2 atom stereocenters. The maximum absolute atomic E-state index is 13.7. The van der Waals surface area contributed by atoms with Crippen LogP contribution in [0.2, 0.25) is 0 Å². The molecule has 0 unspecified atom stereocenters. The fourth-order valence-corrected chi connectivity index (χ4v) is 3.20. The molecular formula is C15H16F2N2O2S. The van der Waals surface area contributed by atoms with Crippen LogP contribution < -0.4 is 0 Å². The van der Waals surface area contributed by atoms with Gasteiger partial charge in [0, 0.05) is 36.8 Å². The van der Waals surface area contributed by atoms with Crippen molar-refractivity contribution in [2.75, 3.05) is 26.2 Å². The molecule has 3 rings (SSSR count). The lowest BCUT2D eigenvalue weighted by Crippen LogP contribution is -2.40. The molecule has 1 aromatic heterocycles. The largest absolute Gasteiger partial charge is 0.387 e. The highest BCUT2D eigenvalue weighted by Crippen LogP contribution is 2.26. The first-order valence-electron chi connectivity index (χ1n) is 7.00. The number of halogens is 2. The van der Waals surface area contributed by atoms with Crippen LogP contribution in [0.4, 0.5) is 8.78 Å². The van der Waals surface area contributed by atoms with Crippen LogP contribution >= 0.6 is 11.3 Å². The van der Waals surface area contributed by atoms with E-state index < -0.39 is 17.7 Å². The smallest absolute Gasteiger partial charge is 0.129 e. The lowest BCUT2D eigenvalue weighted by atomic mass is 10.1. The predicted octanol–water partition coefficient (Wildman–Crippen LogP) is 2.53. The van der Waals surface area contributed by atoms with E-state index in [1.165, 1.54) is 11.3 Å². The number of benzene rings is 1. The molecule has 0 saturated carbocycles. The Morgan fingerprint density at radius 1 is 1.45 bits per heavy atom. The zero-order valence-electron chi connectivity index (χ0n) is 11.8. The number of hydrogen-bond acceptors (Lipinski definition) is 5.